The van der Waals surface area contributed by atoms with Crippen molar-refractivity contribution in [3.63, 3.8) is 0 Å². The summed E-state index contributed by atoms with van der Waals surface area (Å²) in [5, 5.41) is 0. The van der Waals surface area contributed by atoms with Gasteiger partial charge in [-0.1, -0.05) is 0 Å². The topological polar surface area (TPSA) is 93.2 Å². The van der Waals surface area contributed by atoms with Gasteiger partial charge >= 0.3 is 5.97 Å². The first kappa shape index (κ1) is 20.0. The van der Waals surface area contributed by atoms with Crippen molar-refractivity contribution >= 4 is 27.6 Å². The first-order chi connectivity index (χ1) is 12.2. The highest BCUT2D eigenvalue weighted by atomic mass is 32.2. The minimum Gasteiger partial charge on any atom is -0.484 e. The molecule has 0 aromatic heterocycles. The zero-order chi connectivity index (χ0) is 19.3. The van der Waals surface area contributed by atoms with Crippen molar-refractivity contribution in [3.8, 4) is 5.75 Å². The number of hydrogen-bond acceptors (Lipinski definition) is 6. The van der Waals surface area contributed by atoms with Gasteiger partial charge in [0, 0.05) is 20.1 Å². The Morgan fingerprint density at radius 3 is 2.27 bits per heavy atom. The Balaban J connectivity index is 1.84. The standard InChI is InChI=1S/C17H24N2O6S/c1-18(26(3,22)23)14-4-6-15(7-5-14)25-12-16(20)19-10-8-13(9-11-19)17(21)24-2/h4-7,13H,8-12H2,1-3H3. The molecule has 2 rings (SSSR count). The fourth-order valence-corrected chi connectivity index (χ4v) is 3.22. The van der Waals surface area contributed by atoms with Crippen molar-refractivity contribution in [1.29, 1.82) is 0 Å². The van der Waals surface area contributed by atoms with Crippen LogP contribution in [0.15, 0.2) is 24.3 Å². The average Bonchev–Trinajstić information content (AvgIpc) is 2.64. The maximum absolute atomic E-state index is 12.2. The van der Waals surface area contributed by atoms with Crippen LogP contribution in [-0.2, 0) is 24.3 Å². The van der Waals surface area contributed by atoms with E-state index in [1.807, 2.05) is 0 Å². The van der Waals surface area contributed by atoms with Crippen LogP contribution in [0.4, 0.5) is 5.69 Å². The first-order valence-electron chi connectivity index (χ1n) is 8.24. The minimum absolute atomic E-state index is 0.107. The van der Waals surface area contributed by atoms with E-state index in [-0.39, 0.29) is 24.4 Å². The molecule has 1 heterocycles. The van der Waals surface area contributed by atoms with Gasteiger partial charge in [-0.2, -0.15) is 0 Å². The summed E-state index contributed by atoms with van der Waals surface area (Å²) in [4.78, 5) is 25.4. The number of piperidine rings is 1. The van der Waals surface area contributed by atoms with Crippen LogP contribution in [0.25, 0.3) is 0 Å². The normalized spacial score (nSPS) is 15.4. The van der Waals surface area contributed by atoms with Crippen molar-refractivity contribution in [2.24, 2.45) is 5.92 Å². The molecular weight excluding hydrogens is 360 g/mol. The molecule has 0 atom stereocenters. The number of nitrogens with zero attached hydrogens (tertiary/aromatic N) is 2. The Morgan fingerprint density at radius 2 is 1.77 bits per heavy atom. The van der Waals surface area contributed by atoms with E-state index in [4.69, 9.17) is 9.47 Å². The second-order valence-corrected chi connectivity index (χ2v) is 8.21. The smallest absolute Gasteiger partial charge is 0.308 e. The lowest BCUT2D eigenvalue weighted by atomic mass is 9.97. The maximum atomic E-state index is 12.2. The highest BCUT2D eigenvalue weighted by Gasteiger charge is 2.27. The average molecular weight is 384 g/mol. The van der Waals surface area contributed by atoms with Crippen LogP contribution in [0.3, 0.4) is 0 Å². The summed E-state index contributed by atoms with van der Waals surface area (Å²) in [5.74, 6) is -0.0454. The van der Waals surface area contributed by atoms with Gasteiger partial charge in [-0.3, -0.25) is 13.9 Å². The van der Waals surface area contributed by atoms with Gasteiger partial charge in [0.1, 0.15) is 5.75 Å². The van der Waals surface area contributed by atoms with Gasteiger partial charge in [0.05, 0.1) is 25.0 Å². The van der Waals surface area contributed by atoms with E-state index in [2.05, 4.69) is 0 Å². The number of carbonyl (C=O) groups excluding carboxylic acids is 2. The Kier molecular flexibility index (Phi) is 6.47. The fraction of sp³-hybridized carbons (Fsp3) is 0.529. The molecule has 1 amide bonds. The number of methoxy groups -OCH3 is 1. The highest BCUT2D eigenvalue weighted by molar-refractivity contribution is 7.92. The molecule has 0 bridgehead atoms. The van der Waals surface area contributed by atoms with Crippen molar-refractivity contribution in [3.05, 3.63) is 24.3 Å². The molecule has 1 fully saturated rings. The van der Waals surface area contributed by atoms with Crippen LogP contribution in [0.1, 0.15) is 12.8 Å². The molecule has 0 unspecified atom stereocenters. The quantitative estimate of drug-likeness (QED) is 0.676. The number of esters is 1. The van der Waals surface area contributed by atoms with Gasteiger partial charge in [-0.15, -0.1) is 0 Å². The van der Waals surface area contributed by atoms with Crippen LogP contribution < -0.4 is 9.04 Å². The third kappa shape index (κ3) is 5.10. The minimum atomic E-state index is -3.32. The molecule has 1 aromatic carbocycles. The third-order valence-electron chi connectivity index (χ3n) is 4.44. The lowest BCUT2D eigenvalue weighted by Crippen LogP contribution is -2.42. The summed E-state index contributed by atoms with van der Waals surface area (Å²) in [6.07, 6.45) is 2.30. The monoisotopic (exact) mass is 384 g/mol. The molecule has 0 aliphatic carbocycles. The third-order valence-corrected chi connectivity index (χ3v) is 5.65. The molecule has 1 aliphatic heterocycles. The number of rotatable bonds is 6. The molecule has 0 saturated carbocycles. The number of likely N-dealkylation sites (tertiary alicyclic amines) is 1. The first-order valence-corrected chi connectivity index (χ1v) is 10.1. The SMILES string of the molecule is COC(=O)C1CCN(C(=O)COc2ccc(N(C)S(C)(=O)=O)cc2)CC1. The summed E-state index contributed by atoms with van der Waals surface area (Å²) in [6, 6.07) is 6.47. The van der Waals surface area contributed by atoms with Crippen molar-refractivity contribution in [2.45, 2.75) is 12.8 Å². The van der Waals surface area contributed by atoms with E-state index in [0.717, 1.165) is 10.6 Å². The second kappa shape index (κ2) is 8.39. The number of sulfonamides is 1. The van der Waals surface area contributed by atoms with Crippen LogP contribution in [0.5, 0.6) is 5.75 Å². The Morgan fingerprint density at radius 1 is 1.19 bits per heavy atom. The summed E-state index contributed by atoms with van der Waals surface area (Å²) in [7, 11) is -0.490. The van der Waals surface area contributed by atoms with E-state index in [9.17, 15) is 18.0 Å². The number of ether oxygens (including phenoxy) is 2. The van der Waals surface area contributed by atoms with Gasteiger partial charge < -0.3 is 14.4 Å². The van der Waals surface area contributed by atoms with E-state index < -0.39 is 10.0 Å². The molecule has 1 saturated heterocycles. The van der Waals surface area contributed by atoms with E-state index in [0.29, 0.717) is 37.4 Å². The largest absolute Gasteiger partial charge is 0.484 e. The lowest BCUT2D eigenvalue weighted by Gasteiger charge is -2.30. The second-order valence-electron chi connectivity index (χ2n) is 6.19. The molecule has 26 heavy (non-hydrogen) atoms. The van der Waals surface area contributed by atoms with Crippen LogP contribution in [0, 0.1) is 5.92 Å². The zero-order valence-electron chi connectivity index (χ0n) is 15.2. The number of hydrogen-bond donors (Lipinski definition) is 0. The molecule has 9 heteroatoms. The molecule has 144 valence electrons. The summed E-state index contributed by atoms with van der Waals surface area (Å²) in [6.45, 7) is 0.893. The van der Waals surface area contributed by atoms with Gasteiger partial charge in [0.2, 0.25) is 10.0 Å². The molecule has 0 spiro atoms. The number of anilines is 1. The number of benzene rings is 1. The Hall–Kier alpha value is -2.29. The molecule has 0 N–H and O–H groups in total. The predicted octanol–water partition coefficient (Wildman–Crippen LogP) is 0.873. The molecular formula is C17H24N2O6S. The molecule has 1 aliphatic rings. The zero-order valence-corrected chi connectivity index (χ0v) is 16.0. The Bertz CT molecular complexity index is 739. The van der Waals surface area contributed by atoms with E-state index in [1.165, 1.54) is 14.2 Å². The molecule has 0 radical (unpaired) electrons. The van der Waals surface area contributed by atoms with Crippen LogP contribution in [0.2, 0.25) is 0 Å². The van der Waals surface area contributed by atoms with Crippen molar-refractivity contribution < 1.29 is 27.5 Å². The predicted molar refractivity (Wildman–Crippen MR) is 96.5 cm³/mol. The molecule has 1 aromatic rings. The van der Waals surface area contributed by atoms with Gasteiger partial charge in [0.25, 0.3) is 5.91 Å². The van der Waals surface area contributed by atoms with Crippen LogP contribution >= 0.6 is 0 Å². The van der Waals surface area contributed by atoms with Crippen molar-refractivity contribution in [1.82, 2.24) is 4.90 Å². The number of carbonyl (C=O) groups is 2. The maximum Gasteiger partial charge on any atom is 0.308 e. The van der Waals surface area contributed by atoms with Gasteiger partial charge in [-0.05, 0) is 37.1 Å². The number of amides is 1. The highest BCUT2D eigenvalue weighted by Crippen LogP contribution is 2.21. The van der Waals surface area contributed by atoms with Gasteiger partial charge in [-0.25, -0.2) is 8.42 Å². The van der Waals surface area contributed by atoms with Gasteiger partial charge in [0.15, 0.2) is 6.61 Å². The Labute approximate surface area is 153 Å². The van der Waals surface area contributed by atoms with Crippen molar-refractivity contribution in [2.75, 3.05) is 44.4 Å². The molecule has 8 nitrogen and oxygen atoms in total. The fourth-order valence-electron chi connectivity index (χ4n) is 2.71. The van der Waals surface area contributed by atoms with E-state index in [1.54, 1.807) is 29.2 Å². The lowest BCUT2D eigenvalue weighted by molar-refractivity contribution is -0.149. The summed E-state index contributed by atoms with van der Waals surface area (Å²) in [5.41, 5.74) is 0.510. The summed E-state index contributed by atoms with van der Waals surface area (Å²) < 4.78 is 34.4. The van der Waals surface area contributed by atoms with E-state index >= 15 is 0 Å². The van der Waals surface area contributed by atoms with Crippen LogP contribution in [-0.4, -0.2) is 65.3 Å². The summed E-state index contributed by atoms with van der Waals surface area (Å²) >= 11 is 0.